The van der Waals surface area contributed by atoms with Crippen molar-refractivity contribution in [3.8, 4) is 5.75 Å². The van der Waals surface area contributed by atoms with Crippen molar-refractivity contribution in [3.05, 3.63) is 29.0 Å². The molecule has 1 aromatic carbocycles. The van der Waals surface area contributed by atoms with Crippen molar-refractivity contribution >= 4 is 23.6 Å². The standard InChI is InChI=1S/C20H24ClFN2O4/c1-12(28-17-3-2-15(22)8-16(17)21)13-4-6-24(7-5-13)18(25)14-9-20(10-14)11-27-19(26)23-20/h2-3,8,12-14H,4-7,9-11H2,1H3,(H,23,26)/t12?,14-,20-. The molecular formula is C20H24ClFN2O4. The van der Waals surface area contributed by atoms with Gasteiger partial charge in [-0.15, -0.1) is 0 Å². The molecule has 2 amide bonds. The molecule has 3 aliphatic rings. The summed E-state index contributed by atoms with van der Waals surface area (Å²) in [6.45, 7) is 3.74. The number of hydrogen-bond donors (Lipinski definition) is 1. The van der Waals surface area contributed by atoms with E-state index in [4.69, 9.17) is 21.1 Å². The second-order valence-corrected chi connectivity index (χ2v) is 8.55. The molecule has 1 spiro atoms. The first-order valence-electron chi connectivity index (χ1n) is 9.71. The van der Waals surface area contributed by atoms with Crippen LogP contribution in [-0.2, 0) is 9.53 Å². The highest BCUT2D eigenvalue weighted by molar-refractivity contribution is 6.32. The van der Waals surface area contributed by atoms with Gasteiger partial charge in [0.05, 0.1) is 16.7 Å². The van der Waals surface area contributed by atoms with Crippen molar-refractivity contribution in [2.24, 2.45) is 11.8 Å². The molecule has 1 N–H and O–H groups in total. The molecule has 152 valence electrons. The van der Waals surface area contributed by atoms with Crippen LogP contribution in [0.1, 0.15) is 32.6 Å². The number of cyclic esters (lactones) is 1. The number of alkyl carbamates (subject to hydrolysis) is 1. The Balaban J connectivity index is 1.25. The lowest BCUT2D eigenvalue weighted by Crippen LogP contribution is -2.58. The van der Waals surface area contributed by atoms with Crippen molar-refractivity contribution in [1.29, 1.82) is 0 Å². The summed E-state index contributed by atoms with van der Waals surface area (Å²) in [4.78, 5) is 25.9. The number of carbonyl (C=O) groups excluding carboxylic acids is 2. The van der Waals surface area contributed by atoms with E-state index >= 15 is 0 Å². The molecule has 3 fully saturated rings. The van der Waals surface area contributed by atoms with Crippen LogP contribution in [0, 0.1) is 17.7 Å². The Morgan fingerprint density at radius 2 is 2.11 bits per heavy atom. The molecule has 4 rings (SSSR count). The molecule has 8 heteroatoms. The number of piperidine rings is 1. The first kappa shape index (κ1) is 19.3. The van der Waals surface area contributed by atoms with Gasteiger partial charge in [-0.3, -0.25) is 4.79 Å². The van der Waals surface area contributed by atoms with Gasteiger partial charge < -0.3 is 19.7 Å². The summed E-state index contributed by atoms with van der Waals surface area (Å²) in [5.74, 6) is 0.527. The summed E-state index contributed by atoms with van der Waals surface area (Å²) in [7, 11) is 0. The Kier molecular flexibility index (Phi) is 5.12. The minimum atomic E-state index is -0.390. The third kappa shape index (κ3) is 3.77. The zero-order valence-corrected chi connectivity index (χ0v) is 16.5. The molecule has 1 aromatic rings. The number of amides is 2. The van der Waals surface area contributed by atoms with Crippen LogP contribution < -0.4 is 10.1 Å². The van der Waals surface area contributed by atoms with Gasteiger partial charge >= 0.3 is 6.09 Å². The summed E-state index contributed by atoms with van der Waals surface area (Å²) in [6, 6.07) is 4.12. The third-order valence-electron chi connectivity index (χ3n) is 6.19. The van der Waals surface area contributed by atoms with Gasteiger partial charge in [0.2, 0.25) is 5.91 Å². The number of rotatable bonds is 4. The largest absolute Gasteiger partial charge is 0.489 e. The molecule has 6 nitrogen and oxygen atoms in total. The predicted molar refractivity (Wildman–Crippen MR) is 101 cm³/mol. The number of carbonyl (C=O) groups is 2. The van der Waals surface area contributed by atoms with Gasteiger partial charge in [0.15, 0.2) is 0 Å². The van der Waals surface area contributed by atoms with E-state index in [0.717, 1.165) is 12.8 Å². The van der Waals surface area contributed by atoms with E-state index in [1.54, 1.807) is 6.07 Å². The summed E-state index contributed by atoms with van der Waals surface area (Å²) >= 11 is 6.04. The van der Waals surface area contributed by atoms with Crippen LogP contribution >= 0.6 is 11.6 Å². The molecule has 1 unspecified atom stereocenters. The van der Waals surface area contributed by atoms with Crippen LogP contribution in [0.2, 0.25) is 5.02 Å². The van der Waals surface area contributed by atoms with Crippen molar-refractivity contribution in [2.75, 3.05) is 19.7 Å². The van der Waals surface area contributed by atoms with E-state index < -0.39 is 5.82 Å². The summed E-state index contributed by atoms with van der Waals surface area (Å²) < 4.78 is 24.1. The molecule has 0 bridgehead atoms. The Bertz CT molecular complexity index is 775. The quantitative estimate of drug-likeness (QED) is 0.826. The zero-order chi connectivity index (χ0) is 19.9. The second-order valence-electron chi connectivity index (χ2n) is 8.15. The van der Waals surface area contributed by atoms with Crippen LogP contribution in [0.15, 0.2) is 18.2 Å². The van der Waals surface area contributed by atoms with Crippen LogP contribution in [0.5, 0.6) is 5.75 Å². The van der Waals surface area contributed by atoms with Crippen LogP contribution in [-0.4, -0.2) is 48.2 Å². The molecule has 2 saturated heterocycles. The van der Waals surface area contributed by atoms with E-state index in [1.807, 2.05) is 11.8 Å². The number of likely N-dealkylation sites (tertiary alicyclic amines) is 1. The highest BCUT2D eigenvalue weighted by Crippen LogP contribution is 2.42. The first-order valence-corrected chi connectivity index (χ1v) is 10.1. The van der Waals surface area contributed by atoms with E-state index in [2.05, 4.69) is 5.32 Å². The molecular weight excluding hydrogens is 387 g/mol. The van der Waals surface area contributed by atoms with Crippen molar-refractivity contribution < 1.29 is 23.5 Å². The lowest BCUT2D eigenvalue weighted by Gasteiger charge is -2.45. The van der Waals surface area contributed by atoms with Crippen LogP contribution in [0.4, 0.5) is 9.18 Å². The van der Waals surface area contributed by atoms with Gasteiger partial charge in [0.25, 0.3) is 0 Å². The minimum absolute atomic E-state index is 0.0368. The van der Waals surface area contributed by atoms with Crippen LogP contribution in [0.25, 0.3) is 0 Å². The average Bonchev–Trinajstić information content (AvgIpc) is 3.04. The second kappa shape index (κ2) is 7.43. The van der Waals surface area contributed by atoms with Crippen LogP contribution in [0.3, 0.4) is 0 Å². The molecule has 1 saturated carbocycles. The number of hydrogen-bond acceptors (Lipinski definition) is 4. The monoisotopic (exact) mass is 410 g/mol. The number of benzene rings is 1. The maximum absolute atomic E-state index is 13.2. The van der Waals surface area contributed by atoms with Gasteiger partial charge in [0.1, 0.15) is 18.2 Å². The topological polar surface area (TPSA) is 67.9 Å². The Morgan fingerprint density at radius 1 is 1.39 bits per heavy atom. The minimum Gasteiger partial charge on any atom is -0.489 e. The smallest absolute Gasteiger partial charge is 0.407 e. The molecule has 2 aliphatic heterocycles. The lowest BCUT2D eigenvalue weighted by molar-refractivity contribution is -0.143. The van der Waals surface area contributed by atoms with Gasteiger partial charge in [-0.25, -0.2) is 9.18 Å². The van der Waals surface area contributed by atoms with Crippen molar-refractivity contribution in [3.63, 3.8) is 0 Å². The summed E-state index contributed by atoms with van der Waals surface area (Å²) in [5, 5.41) is 3.09. The molecule has 28 heavy (non-hydrogen) atoms. The number of nitrogens with zero attached hydrogens (tertiary/aromatic N) is 1. The molecule has 1 atom stereocenters. The number of nitrogens with one attached hydrogen (secondary N) is 1. The Hall–Kier alpha value is -2.02. The Labute approximate surface area is 168 Å². The summed E-state index contributed by atoms with van der Waals surface area (Å²) in [6.07, 6.45) is 2.55. The van der Waals surface area contributed by atoms with E-state index in [1.165, 1.54) is 12.1 Å². The van der Waals surface area contributed by atoms with E-state index in [-0.39, 0.29) is 34.6 Å². The lowest BCUT2D eigenvalue weighted by atomic mass is 9.68. The normalized spacial score (nSPS) is 28.5. The maximum Gasteiger partial charge on any atom is 0.407 e. The average molecular weight is 411 g/mol. The highest BCUT2D eigenvalue weighted by Gasteiger charge is 2.53. The van der Waals surface area contributed by atoms with Gasteiger partial charge in [0, 0.05) is 19.0 Å². The maximum atomic E-state index is 13.2. The van der Waals surface area contributed by atoms with Gasteiger partial charge in [-0.1, -0.05) is 11.6 Å². The van der Waals surface area contributed by atoms with Crippen molar-refractivity contribution in [1.82, 2.24) is 10.2 Å². The third-order valence-corrected chi connectivity index (χ3v) is 6.49. The predicted octanol–water partition coefficient (Wildman–Crippen LogP) is 3.37. The number of halogens is 2. The van der Waals surface area contributed by atoms with Crippen molar-refractivity contribution in [2.45, 2.75) is 44.2 Å². The Morgan fingerprint density at radius 3 is 2.71 bits per heavy atom. The zero-order valence-electron chi connectivity index (χ0n) is 15.7. The summed E-state index contributed by atoms with van der Waals surface area (Å²) in [5.41, 5.74) is -0.327. The highest BCUT2D eigenvalue weighted by atomic mass is 35.5. The molecule has 1 aliphatic carbocycles. The molecule has 2 heterocycles. The fraction of sp³-hybridized carbons (Fsp3) is 0.600. The SMILES string of the molecule is CC(Oc1ccc(F)cc1Cl)C1CCN(C(=O)[C@H]2C[C@@]3(COC(=O)N3)C2)CC1. The van der Waals surface area contributed by atoms with E-state index in [0.29, 0.717) is 44.2 Å². The van der Waals surface area contributed by atoms with Gasteiger partial charge in [-0.05, 0) is 56.7 Å². The van der Waals surface area contributed by atoms with Gasteiger partial charge in [-0.2, -0.15) is 0 Å². The fourth-order valence-electron chi connectivity index (χ4n) is 4.49. The van der Waals surface area contributed by atoms with E-state index in [9.17, 15) is 14.0 Å². The number of ether oxygens (including phenoxy) is 2. The molecule has 0 radical (unpaired) electrons. The molecule has 0 aromatic heterocycles. The first-order chi connectivity index (χ1) is 13.3. The fourth-order valence-corrected chi connectivity index (χ4v) is 4.70.